The summed E-state index contributed by atoms with van der Waals surface area (Å²) in [5.74, 6) is 0. The Kier molecular flexibility index (Phi) is 21.4. The Morgan fingerprint density at radius 1 is 1.07 bits per heavy atom. The summed E-state index contributed by atoms with van der Waals surface area (Å²) < 4.78 is 3.19. The molecule has 0 aromatic heterocycles. The molecule has 0 N–H and O–H groups in total. The molecule has 0 aromatic carbocycles. The first-order valence-corrected chi connectivity index (χ1v) is 9.34. The Labute approximate surface area is 115 Å². The standard InChI is InChI=1S/C5H9.2C4H9.Al.Mg/c1-4-5(2)3;2*1-3-4-2;;/h4H,1H2,2-3H3;2*1,3-4H2,2H3;;. The van der Waals surface area contributed by atoms with Gasteiger partial charge in [0.2, 0.25) is 0 Å². The smallest absolute Gasteiger partial charge is 0.146 e. The summed E-state index contributed by atoms with van der Waals surface area (Å²) in [7, 11) is 0. The fraction of sp³-hybridized carbons (Fsp3) is 0.846. The predicted molar refractivity (Wildman–Crippen MR) is 75.2 cm³/mol. The van der Waals surface area contributed by atoms with Crippen LogP contribution in [0.25, 0.3) is 0 Å². The molecular weight excluding hydrogens is 207 g/mol. The molecule has 0 unspecified atom stereocenters. The zero-order valence-electron chi connectivity index (χ0n) is 11.3. The van der Waals surface area contributed by atoms with E-state index < -0.39 is 0 Å². The molecule has 0 aliphatic carbocycles. The van der Waals surface area contributed by atoms with Gasteiger partial charge in [0.05, 0.1) is 0 Å². The molecule has 2 heteroatoms. The number of rotatable bonds is 7. The van der Waals surface area contributed by atoms with Crippen molar-refractivity contribution in [3.8, 4) is 0 Å². The third-order valence-corrected chi connectivity index (χ3v) is 4.47. The zero-order chi connectivity index (χ0) is 11.9. The van der Waals surface area contributed by atoms with Crippen molar-refractivity contribution in [2.24, 2.45) is 0 Å². The summed E-state index contributed by atoms with van der Waals surface area (Å²) in [6.07, 6.45) is 7.97. The highest BCUT2D eigenvalue weighted by Gasteiger charge is 1.92. The van der Waals surface area contributed by atoms with Gasteiger partial charge in [-0.1, -0.05) is 45.1 Å². The van der Waals surface area contributed by atoms with E-state index in [9.17, 15) is 0 Å². The van der Waals surface area contributed by atoms with E-state index in [-0.39, 0.29) is 0 Å². The van der Waals surface area contributed by atoms with Crippen molar-refractivity contribution in [1.82, 2.24) is 0 Å². The molecule has 0 heterocycles. The van der Waals surface area contributed by atoms with Crippen LogP contribution in [-0.4, -0.2) is 36.7 Å². The van der Waals surface area contributed by atoms with Crippen molar-refractivity contribution in [2.75, 3.05) is 0 Å². The lowest BCUT2D eigenvalue weighted by molar-refractivity contribution is 0.851. The summed E-state index contributed by atoms with van der Waals surface area (Å²) in [5.41, 5.74) is 1.39. The van der Waals surface area contributed by atoms with Gasteiger partial charge in [-0.25, -0.2) is 0 Å². The molecule has 0 aromatic rings. The van der Waals surface area contributed by atoms with Crippen LogP contribution in [0.3, 0.4) is 0 Å². The molecule has 2 radical (unpaired) electrons. The molecular formula is C13H27AlMg. The minimum absolute atomic E-state index is 0.389. The predicted octanol–water partition coefficient (Wildman–Crippen LogP) is 4.67. The highest BCUT2D eigenvalue weighted by Crippen LogP contribution is 1.99. The maximum atomic E-state index is 2.65. The fourth-order valence-electron chi connectivity index (χ4n) is 1.27. The van der Waals surface area contributed by atoms with Crippen LogP contribution in [-0.2, 0) is 0 Å². The van der Waals surface area contributed by atoms with E-state index in [1.54, 1.807) is 9.10 Å². The minimum atomic E-state index is 0.389. The Hall–Kier alpha value is 1.04. The molecule has 15 heavy (non-hydrogen) atoms. The lowest BCUT2D eigenvalue weighted by atomic mass is 10.3. The van der Waals surface area contributed by atoms with Crippen LogP contribution in [0.1, 0.15) is 53.4 Å². The first kappa shape index (κ1) is 18.4. The summed E-state index contributed by atoms with van der Waals surface area (Å²) in [5, 5.41) is 1.09. The van der Waals surface area contributed by atoms with Crippen molar-refractivity contribution < 1.29 is 0 Å². The Morgan fingerprint density at radius 3 is 1.73 bits per heavy atom. The molecule has 0 nitrogen and oxygen atoms in total. The van der Waals surface area contributed by atoms with Crippen molar-refractivity contribution in [3.63, 3.8) is 0 Å². The summed E-state index contributed by atoms with van der Waals surface area (Å²) in [6.45, 7) is 8.77. The Morgan fingerprint density at radius 2 is 1.53 bits per heavy atom. The number of unbranched alkanes of at least 4 members (excludes halogenated alkanes) is 2. The second-order valence-electron chi connectivity index (χ2n) is 4.28. The van der Waals surface area contributed by atoms with Gasteiger partial charge in [0, 0.05) is 0 Å². The second kappa shape index (κ2) is 17.4. The lowest BCUT2D eigenvalue weighted by Crippen LogP contribution is -1.87. The van der Waals surface area contributed by atoms with E-state index in [0.29, 0.717) is 20.4 Å². The normalized spacial score (nSPS) is 8.53. The van der Waals surface area contributed by atoms with Crippen LogP contribution in [0.5, 0.6) is 0 Å². The minimum Gasteiger partial charge on any atom is -0.146 e. The van der Waals surface area contributed by atoms with E-state index in [4.69, 9.17) is 0 Å². The van der Waals surface area contributed by atoms with Gasteiger partial charge in [-0.3, -0.25) is 0 Å². The third-order valence-electron chi connectivity index (χ3n) is 2.23. The van der Waals surface area contributed by atoms with Gasteiger partial charge >= 0.3 is 20.4 Å². The quantitative estimate of drug-likeness (QED) is 0.341. The van der Waals surface area contributed by atoms with Crippen molar-refractivity contribution in [2.45, 2.75) is 67.8 Å². The van der Waals surface area contributed by atoms with Gasteiger partial charge in [-0.05, 0) is 13.8 Å². The zero-order valence-corrected chi connectivity index (χ0v) is 13.9. The molecule has 0 amide bonds. The molecule has 0 aliphatic heterocycles. The maximum absolute atomic E-state index is 2.65. The third kappa shape index (κ3) is 25.4. The van der Waals surface area contributed by atoms with Crippen molar-refractivity contribution in [3.05, 3.63) is 11.6 Å². The number of hydrogen-bond acceptors (Lipinski definition) is 0. The highest BCUT2D eigenvalue weighted by molar-refractivity contribution is 6.35. The van der Waals surface area contributed by atoms with Gasteiger partial charge in [0.1, 0.15) is 16.3 Å². The summed E-state index contributed by atoms with van der Waals surface area (Å²) >= 11 is 3.04. The molecule has 0 spiro atoms. The monoisotopic (exact) mass is 234 g/mol. The lowest BCUT2D eigenvalue weighted by Gasteiger charge is -1.93. The molecule has 0 fully saturated rings. The van der Waals surface area contributed by atoms with Gasteiger partial charge < -0.3 is 0 Å². The van der Waals surface area contributed by atoms with Gasteiger partial charge in [-0.15, -0.1) is 20.5 Å². The van der Waals surface area contributed by atoms with E-state index in [1.165, 1.54) is 31.3 Å². The topological polar surface area (TPSA) is 0 Å². The highest BCUT2D eigenvalue weighted by atomic mass is 27.0. The van der Waals surface area contributed by atoms with E-state index in [0.717, 1.165) is 5.28 Å². The second-order valence-corrected chi connectivity index (χ2v) is 6.88. The van der Waals surface area contributed by atoms with E-state index >= 15 is 0 Å². The molecule has 0 bridgehead atoms. The van der Waals surface area contributed by atoms with Crippen LogP contribution in [0.2, 0.25) is 14.4 Å². The first-order valence-electron chi connectivity index (χ1n) is 6.52. The van der Waals surface area contributed by atoms with E-state index in [2.05, 4.69) is 50.1 Å². The largest absolute Gasteiger partial charge is 0.364 e. The number of allylic oxidation sites excluding steroid dienone is 2. The van der Waals surface area contributed by atoms with E-state index in [1.807, 2.05) is 0 Å². The van der Waals surface area contributed by atoms with Crippen LogP contribution < -0.4 is 0 Å². The van der Waals surface area contributed by atoms with Crippen LogP contribution in [0, 0.1) is 0 Å². The van der Waals surface area contributed by atoms with Crippen molar-refractivity contribution in [1.29, 1.82) is 0 Å². The fourth-order valence-corrected chi connectivity index (χ4v) is 3.80. The van der Waals surface area contributed by atoms with Crippen LogP contribution in [0.4, 0.5) is 0 Å². The number of hydrogen-bond donors (Lipinski definition) is 0. The summed E-state index contributed by atoms with van der Waals surface area (Å²) in [4.78, 5) is 0. The van der Waals surface area contributed by atoms with Gasteiger partial charge in [0.15, 0.2) is 0 Å². The average molecular weight is 235 g/mol. The molecule has 84 valence electrons. The molecule has 0 rings (SSSR count). The summed E-state index contributed by atoms with van der Waals surface area (Å²) in [6, 6.07) is 0. The maximum Gasteiger partial charge on any atom is 0.364 e. The van der Waals surface area contributed by atoms with Gasteiger partial charge in [-0.2, -0.15) is 0 Å². The Balaban J connectivity index is 0. The average Bonchev–Trinajstić information content (AvgIpc) is 2.18. The van der Waals surface area contributed by atoms with Gasteiger partial charge in [0.25, 0.3) is 0 Å². The molecule has 0 aliphatic rings. The SMILES string of the molecule is CC(C)=C[CH2][Al].CCC[CH2][Mg][CH2]CCC. The Bertz CT molecular complexity index is 122. The molecule has 0 atom stereocenters. The molecule has 0 saturated carbocycles. The van der Waals surface area contributed by atoms with Crippen LogP contribution in [0.15, 0.2) is 11.6 Å². The van der Waals surface area contributed by atoms with Crippen molar-refractivity contribution >= 4 is 36.7 Å². The van der Waals surface area contributed by atoms with Crippen LogP contribution >= 0.6 is 0 Å². The first-order chi connectivity index (χ1) is 7.18. The molecule has 0 saturated heterocycles.